The average Bonchev–Trinajstić information content (AvgIpc) is 2.71. The molecule has 0 aliphatic heterocycles. The van der Waals surface area contributed by atoms with Gasteiger partial charge in [-0.1, -0.05) is 12.1 Å². The topological polar surface area (TPSA) is 122 Å². The van der Waals surface area contributed by atoms with Gasteiger partial charge in [0.1, 0.15) is 0 Å². The van der Waals surface area contributed by atoms with Gasteiger partial charge in [0.25, 0.3) is 0 Å². The summed E-state index contributed by atoms with van der Waals surface area (Å²) in [5.74, 6) is 0.930. The molecule has 2 heterocycles. The number of fused-ring (bicyclic) bond motifs is 3. The van der Waals surface area contributed by atoms with Crippen LogP contribution in [0.5, 0.6) is 5.75 Å². The zero-order valence-electron chi connectivity index (χ0n) is 17.5. The van der Waals surface area contributed by atoms with Gasteiger partial charge in [0.2, 0.25) is 0 Å². The van der Waals surface area contributed by atoms with Crippen LogP contribution in [-0.4, -0.2) is 31.0 Å². The fraction of sp³-hybridized carbons (Fsp3) is 0.217. The predicted octanol–water partition coefficient (Wildman–Crippen LogP) is 3.58. The molecule has 4 rings (SSSR count). The summed E-state index contributed by atoms with van der Waals surface area (Å²) in [6.45, 7) is 4.01. The monoisotopic (exact) mass is 439 g/mol. The molecule has 0 bridgehead atoms. The third kappa shape index (κ3) is 4.92. The second-order valence-corrected chi connectivity index (χ2v) is 9.75. The first-order valence-electron chi connectivity index (χ1n) is 10.0. The Hall–Kier alpha value is -2.83. The van der Waals surface area contributed by atoms with Crippen molar-refractivity contribution in [1.82, 2.24) is 9.97 Å². The Morgan fingerprint density at radius 2 is 1.77 bits per heavy atom. The second-order valence-electron chi connectivity index (χ2n) is 7.91. The van der Waals surface area contributed by atoms with Crippen molar-refractivity contribution < 1.29 is 19.4 Å². The predicted molar refractivity (Wildman–Crippen MR) is 125 cm³/mol. The van der Waals surface area contributed by atoms with Crippen LogP contribution in [0.15, 0.2) is 48.7 Å². The number of aryl methyl sites for hydroxylation is 4. The van der Waals surface area contributed by atoms with Crippen LogP contribution in [0.25, 0.3) is 21.8 Å². The van der Waals surface area contributed by atoms with Crippen LogP contribution in [0.3, 0.4) is 0 Å². The van der Waals surface area contributed by atoms with E-state index in [1.165, 1.54) is 0 Å². The van der Waals surface area contributed by atoms with Gasteiger partial charge < -0.3 is 5.73 Å². The molecule has 8 heteroatoms. The van der Waals surface area contributed by atoms with E-state index in [9.17, 15) is 0 Å². The SMILES string of the molecule is Cc1ccc2c(c1)nc(N)c1ncc(CCc3ccc(OC[PH](O)(O)O)cc3C)cc12. The Labute approximate surface area is 180 Å². The van der Waals surface area contributed by atoms with Crippen LogP contribution < -0.4 is 10.5 Å². The third-order valence-electron chi connectivity index (χ3n) is 5.30. The summed E-state index contributed by atoms with van der Waals surface area (Å²) in [5.41, 5.74) is 12.2. The van der Waals surface area contributed by atoms with E-state index in [-0.39, 0.29) is 0 Å². The molecule has 0 saturated heterocycles. The Morgan fingerprint density at radius 3 is 2.52 bits per heavy atom. The molecule has 5 N–H and O–H groups in total. The third-order valence-corrected chi connectivity index (χ3v) is 5.83. The van der Waals surface area contributed by atoms with Crippen molar-refractivity contribution in [2.45, 2.75) is 26.7 Å². The average molecular weight is 439 g/mol. The van der Waals surface area contributed by atoms with E-state index in [1.807, 2.05) is 38.2 Å². The molecule has 0 amide bonds. The maximum atomic E-state index is 9.09. The summed E-state index contributed by atoms with van der Waals surface area (Å²) in [6.07, 6.45) is 2.98. The Morgan fingerprint density at radius 1 is 0.968 bits per heavy atom. The number of hydrogen-bond donors (Lipinski definition) is 4. The molecular formula is C23H26N3O4P. The molecular weight excluding hydrogens is 413 g/mol. The van der Waals surface area contributed by atoms with Crippen molar-refractivity contribution in [2.75, 3.05) is 12.1 Å². The molecule has 0 aliphatic carbocycles. The number of pyridine rings is 2. The number of aromatic nitrogens is 2. The van der Waals surface area contributed by atoms with E-state index in [0.717, 1.165) is 51.4 Å². The van der Waals surface area contributed by atoms with Crippen molar-refractivity contribution >= 4 is 35.6 Å². The zero-order valence-corrected chi connectivity index (χ0v) is 18.5. The van der Waals surface area contributed by atoms with E-state index < -0.39 is 14.3 Å². The number of nitrogen functional groups attached to an aromatic ring is 1. The summed E-state index contributed by atoms with van der Waals surface area (Å²) >= 11 is 0. The van der Waals surface area contributed by atoms with Crippen molar-refractivity contribution in [3.05, 3.63) is 70.9 Å². The van der Waals surface area contributed by atoms with Crippen LogP contribution in [0.4, 0.5) is 5.82 Å². The van der Waals surface area contributed by atoms with Crippen molar-refractivity contribution in [3.63, 3.8) is 0 Å². The quantitative estimate of drug-likeness (QED) is 0.268. The first kappa shape index (κ1) is 21.4. The summed E-state index contributed by atoms with van der Waals surface area (Å²) in [6, 6.07) is 13.8. The molecule has 2 aromatic heterocycles. The van der Waals surface area contributed by atoms with E-state index in [0.29, 0.717) is 17.1 Å². The van der Waals surface area contributed by atoms with Gasteiger partial charge in [-0.25, -0.2) is 4.98 Å². The summed E-state index contributed by atoms with van der Waals surface area (Å²) in [4.78, 5) is 36.3. The van der Waals surface area contributed by atoms with Crippen molar-refractivity contribution in [2.24, 2.45) is 0 Å². The molecule has 0 aliphatic rings. The van der Waals surface area contributed by atoms with Gasteiger partial charge >= 0.3 is 128 Å². The van der Waals surface area contributed by atoms with E-state index >= 15 is 0 Å². The molecule has 0 atom stereocenters. The number of hydrogen-bond acceptors (Lipinski definition) is 7. The number of nitrogens with zero attached hydrogens (tertiary/aromatic N) is 2. The second kappa shape index (κ2) is 8.36. The maximum absolute atomic E-state index is 9.09. The fourth-order valence-corrected chi connectivity index (χ4v) is 4.06. The molecule has 4 aromatic rings. The normalized spacial score (nSPS) is 12.4. The summed E-state index contributed by atoms with van der Waals surface area (Å²) < 4.78 is 5.26. The number of benzene rings is 2. The van der Waals surface area contributed by atoms with E-state index in [4.69, 9.17) is 25.2 Å². The zero-order chi connectivity index (χ0) is 22.2. The minimum atomic E-state index is -4.22. The van der Waals surface area contributed by atoms with Crippen LogP contribution in [0.1, 0.15) is 22.3 Å². The van der Waals surface area contributed by atoms with Crippen molar-refractivity contribution in [3.8, 4) is 5.75 Å². The molecule has 31 heavy (non-hydrogen) atoms. The Balaban J connectivity index is 1.56. The van der Waals surface area contributed by atoms with Crippen LogP contribution in [0.2, 0.25) is 0 Å². The first-order chi connectivity index (χ1) is 14.7. The van der Waals surface area contributed by atoms with Crippen molar-refractivity contribution in [1.29, 1.82) is 0 Å². The summed E-state index contributed by atoms with van der Waals surface area (Å²) in [5, 5.41) is 2.04. The summed E-state index contributed by atoms with van der Waals surface area (Å²) in [7, 11) is -4.22. The van der Waals surface area contributed by atoms with Crippen LogP contribution in [-0.2, 0) is 12.8 Å². The van der Waals surface area contributed by atoms with Crippen LogP contribution in [0, 0.1) is 13.8 Å². The number of anilines is 1. The van der Waals surface area contributed by atoms with E-state index in [1.54, 1.807) is 6.07 Å². The molecule has 0 spiro atoms. The van der Waals surface area contributed by atoms with Gasteiger partial charge in [-0.05, 0) is 18.6 Å². The number of rotatable bonds is 6. The fourth-order valence-electron chi connectivity index (χ4n) is 3.70. The Bertz CT molecular complexity index is 1270. The van der Waals surface area contributed by atoms with Gasteiger partial charge in [-0.3, -0.25) is 0 Å². The van der Waals surface area contributed by atoms with Gasteiger partial charge in [0.15, 0.2) is 5.82 Å². The first-order valence-corrected chi connectivity index (χ1v) is 12.1. The molecule has 0 saturated carbocycles. The van der Waals surface area contributed by atoms with Crippen LogP contribution >= 0.6 is 7.94 Å². The molecule has 0 fully saturated rings. The molecule has 0 unspecified atom stereocenters. The molecule has 0 radical (unpaired) electrons. The molecule has 2 aromatic carbocycles. The van der Waals surface area contributed by atoms with Gasteiger partial charge in [0.05, 0.1) is 5.52 Å². The molecule has 7 nitrogen and oxygen atoms in total. The van der Waals surface area contributed by atoms with E-state index in [2.05, 4.69) is 28.2 Å². The molecule has 162 valence electrons. The standard InChI is InChI=1S/C23H26N3O4P/c1-14-3-8-19-20-11-16(12-25-22(20)23(24)26-21(19)9-14)4-5-17-6-7-18(10-15(17)2)30-13-31(27,28)29/h3,6-12,27-29,31H,4-5,13H2,1-2H3,(H2,24,26). The van der Waals surface area contributed by atoms with Gasteiger partial charge in [-0.2, -0.15) is 0 Å². The Kier molecular flexibility index (Phi) is 5.77. The minimum absolute atomic E-state index is 0.437. The number of ether oxygens (including phenoxy) is 1. The number of nitrogens with two attached hydrogens (primary N) is 1. The van der Waals surface area contributed by atoms with Gasteiger partial charge in [-0.15, -0.1) is 0 Å². The van der Waals surface area contributed by atoms with Gasteiger partial charge in [0, 0.05) is 0 Å².